The van der Waals surface area contributed by atoms with E-state index in [1.165, 1.54) is 12.8 Å². The first kappa shape index (κ1) is 13.4. The van der Waals surface area contributed by atoms with Crippen LogP contribution in [0.25, 0.3) is 0 Å². The molecular weight excluding hydrogens is 220 g/mol. The van der Waals surface area contributed by atoms with Crippen molar-refractivity contribution in [2.45, 2.75) is 52.5 Å². The fraction of sp³-hybridized carbons (Fsp3) is 0.833. The van der Waals surface area contributed by atoms with Crippen molar-refractivity contribution in [1.29, 1.82) is 0 Å². The quantitative estimate of drug-likeness (QED) is 0.754. The van der Waals surface area contributed by atoms with E-state index < -0.39 is 5.41 Å². The zero-order valence-corrected chi connectivity index (χ0v) is 11.3. The average molecular weight is 242 g/mol. The Labute approximate surface area is 103 Å². The molecule has 92 valence electrons. The number of thiocarbonyl (C=S) groups is 1. The van der Waals surface area contributed by atoms with Gasteiger partial charge in [0.25, 0.3) is 0 Å². The van der Waals surface area contributed by atoms with Gasteiger partial charge in [0, 0.05) is 12.6 Å². The van der Waals surface area contributed by atoms with Crippen molar-refractivity contribution in [2.75, 3.05) is 6.54 Å². The van der Waals surface area contributed by atoms with Crippen LogP contribution in [0.1, 0.15) is 46.5 Å². The molecule has 1 amide bonds. The molecule has 3 nitrogen and oxygen atoms in total. The number of carbonyl (C=O) groups excluding carboxylic acids is 1. The Morgan fingerprint density at radius 2 is 2.00 bits per heavy atom. The third kappa shape index (κ3) is 2.73. The van der Waals surface area contributed by atoms with Gasteiger partial charge in [0.15, 0.2) is 0 Å². The summed E-state index contributed by atoms with van der Waals surface area (Å²) in [4.78, 5) is 14.6. The minimum absolute atomic E-state index is 0.0781. The van der Waals surface area contributed by atoms with Gasteiger partial charge in [-0.15, -0.1) is 0 Å². The van der Waals surface area contributed by atoms with E-state index in [1.54, 1.807) is 0 Å². The Morgan fingerprint density at radius 1 is 1.38 bits per heavy atom. The second kappa shape index (κ2) is 5.13. The Hall–Kier alpha value is -0.640. The van der Waals surface area contributed by atoms with Crippen LogP contribution in [0.15, 0.2) is 0 Å². The van der Waals surface area contributed by atoms with Crippen molar-refractivity contribution in [1.82, 2.24) is 4.90 Å². The van der Waals surface area contributed by atoms with Crippen molar-refractivity contribution in [2.24, 2.45) is 11.1 Å². The molecule has 0 bridgehead atoms. The molecule has 4 heteroatoms. The summed E-state index contributed by atoms with van der Waals surface area (Å²) in [6, 6.07) is 0.309. The highest BCUT2D eigenvalue weighted by Gasteiger charge is 2.36. The van der Waals surface area contributed by atoms with Gasteiger partial charge in [-0.05, 0) is 33.6 Å². The maximum atomic E-state index is 12.4. The molecule has 0 radical (unpaired) electrons. The SMILES string of the molecule is CC1CCCCCN1C(=O)C(C)(C)C(N)=S. The van der Waals surface area contributed by atoms with Crippen LogP contribution < -0.4 is 5.73 Å². The maximum Gasteiger partial charge on any atom is 0.235 e. The molecule has 0 aromatic rings. The van der Waals surface area contributed by atoms with Gasteiger partial charge in [0.2, 0.25) is 5.91 Å². The van der Waals surface area contributed by atoms with Gasteiger partial charge in [-0.1, -0.05) is 25.1 Å². The first-order valence-corrected chi connectivity index (χ1v) is 6.39. The fourth-order valence-corrected chi connectivity index (χ4v) is 2.13. The highest BCUT2D eigenvalue weighted by molar-refractivity contribution is 7.80. The van der Waals surface area contributed by atoms with E-state index in [0.717, 1.165) is 19.4 Å². The highest BCUT2D eigenvalue weighted by atomic mass is 32.1. The number of nitrogens with zero attached hydrogens (tertiary/aromatic N) is 1. The van der Waals surface area contributed by atoms with E-state index in [2.05, 4.69) is 6.92 Å². The summed E-state index contributed by atoms with van der Waals surface area (Å²) in [5, 5.41) is 0. The second-order valence-electron chi connectivity index (χ2n) is 5.19. The van der Waals surface area contributed by atoms with Crippen LogP contribution in [0.5, 0.6) is 0 Å². The molecule has 1 rings (SSSR count). The van der Waals surface area contributed by atoms with Gasteiger partial charge >= 0.3 is 0 Å². The predicted octanol–water partition coefficient (Wildman–Crippen LogP) is 2.09. The van der Waals surface area contributed by atoms with Crippen LogP contribution in [0.3, 0.4) is 0 Å². The minimum Gasteiger partial charge on any atom is -0.392 e. The molecule has 1 heterocycles. The van der Waals surface area contributed by atoms with Gasteiger partial charge in [-0.2, -0.15) is 0 Å². The van der Waals surface area contributed by atoms with Crippen LogP contribution in [0, 0.1) is 5.41 Å². The molecule has 2 N–H and O–H groups in total. The van der Waals surface area contributed by atoms with Crippen LogP contribution in [0.4, 0.5) is 0 Å². The number of amides is 1. The molecule has 0 spiro atoms. The van der Waals surface area contributed by atoms with Gasteiger partial charge in [0.1, 0.15) is 0 Å². The lowest BCUT2D eigenvalue weighted by molar-refractivity contribution is -0.138. The van der Waals surface area contributed by atoms with E-state index >= 15 is 0 Å². The molecule has 0 aromatic heterocycles. The number of nitrogens with two attached hydrogens (primary N) is 1. The largest absolute Gasteiger partial charge is 0.392 e. The third-order valence-electron chi connectivity index (χ3n) is 3.46. The lowest BCUT2D eigenvalue weighted by Crippen LogP contribution is -2.50. The fourth-order valence-electron chi connectivity index (χ4n) is 2.04. The predicted molar refractivity (Wildman–Crippen MR) is 70.2 cm³/mol. The normalized spacial score (nSPS) is 22.7. The van der Waals surface area contributed by atoms with Crippen molar-refractivity contribution in [3.05, 3.63) is 0 Å². The number of hydrogen-bond acceptors (Lipinski definition) is 2. The molecule has 0 aromatic carbocycles. The first-order valence-electron chi connectivity index (χ1n) is 5.98. The highest BCUT2D eigenvalue weighted by Crippen LogP contribution is 2.25. The molecule has 16 heavy (non-hydrogen) atoms. The summed E-state index contributed by atoms with van der Waals surface area (Å²) in [5.74, 6) is 0.0781. The molecule has 0 saturated carbocycles. The summed E-state index contributed by atoms with van der Waals surface area (Å²) in [6.07, 6.45) is 4.59. The van der Waals surface area contributed by atoms with Crippen LogP contribution in [-0.2, 0) is 4.79 Å². The van der Waals surface area contributed by atoms with Crippen molar-refractivity contribution in [3.63, 3.8) is 0 Å². The molecular formula is C12H22N2OS. The van der Waals surface area contributed by atoms with E-state index in [-0.39, 0.29) is 10.9 Å². The number of carbonyl (C=O) groups is 1. The number of hydrogen-bond donors (Lipinski definition) is 1. The van der Waals surface area contributed by atoms with E-state index in [9.17, 15) is 4.79 Å². The molecule has 1 aliphatic heterocycles. The van der Waals surface area contributed by atoms with Crippen molar-refractivity contribution >= 4 is 23.1 Å². The van der Waals surface area contributed by atoms with Crippen molar-refractivity contribution < 1.29 is 4.79 Å². The zero-order chi connectivity index (χ0) is 12.3. The van der Waals surface area contributed by atoms with Gasteiger partial charge in [-0.3, -0.25) is 4.79 Å². The Balaban J connectivity index is 2.82. The van der Waals surface area contributed by atoms with E-state index in [4.69, 9.17) is 18.0 Å². The summed E-state index contributed by atoms with van der Waals surface area (Å²) in [5.41, 5.74) is 4.93. The Morgan fingerprint density at radius 3 is 2.56 bits per heavy atom. The lowest BCUT2D eigenvalue weighted by Gasteiger charge is -2.34. The average Bonchev–Trinajstić information content (AvgIpc) is 2.41. The van der Waals surface area contributed by atoms with Gasteiger partial charge < -0.3 is 10.6 Å². The number of rotatable bonds is 2. The topological polar surface area (TPSA) is 46.3 Å². The van der Waals surface area contributed by atoms with Crippen molar-refractivity contribution in [3.8, 4) is 0 Å². The van der Waals surface area contributed by atoms with Crippen LogP contribution in [-0.4, -0.2) is 28.4 Å². The molecule has 1 atom stereocenters. The molecule has 0 aliphatic carbocycles. The summed E-state index contributed by atoms with van der Waals surface area (Å²) in [6.45, 7) is 6.58. The standard InChI is InChI=1S/C12H22N2OS/c1-9-7-5-4-6-8-14(9)11(15)12(2,3)10(13)16/h9H,4-8H2,1-3H3,(H2,13,16). The monoisotopic (exact) mass is 242 g/mol. The Bertz CT molecular complexity index is 289. The number of likely N-dealkylation sites (tertiary alicyclic amines) is 1. The van der Waals surface area contributed by atoms with Crippen LogP contribution >= 0.6 is 12.2 Å². The summed E-state index contributed by atoms with van der Waals surface area (Å²) < 4.78 is 0. The molecule has 1 unspecified atom stereocenters. The molecule has 1 saturated heterocycles. The third-order valence-corrected chi connectivity index (χ3v) is 3.97. The van der Waals surface area contributed by atoms with Crippen LogP contribution in [0.2, 0.25) is 0 Å². The molecule has 1 fully saturated rings. The lowest BCUT2D eigenvalue weighted by atomic mass is 9.91. The van der Waals surface area contributed by atoms with Gasteiger partial charge in [-0.25, -0.2) is 0 Å². The smallest absolute Gasteiger partial charge is 0.235 e. The maximum absolute atomic E-state index is 12.4. The molecule has 1 aliphatic rings. The van der Waals surface area contributed by atoms with E-state index in [0.29, 0.717) is 6.04 Å². The minimum atomic E-state index is -0.714. The Kier molecular flexibility index (Phi) is 4.30. The van der Waals surface area contributed by atoms with E-state index in [1.807, 2.05) is 18.7 Å². The summed E-state index contributed by atoms with van der Waals surface area (Å²) in [7, 11) is 0. The van der Waals surface area contributed by atoms with Gasteiger partial charge in [0.05, 0.1) is 10.4 Å². The second-order valence-corrected chi connectivity index (χ2v) is 5.63. The summed E-state index contributed by atoms with van der Waals surface area (Å²) >= 11 is 4.98. The first-order chi connectivity index (χ1) is 7.37. The zero-order valence-electron chi connectivity index (χ0n) is 10.5.